The van der Waals surface area contributed by atoms with Gasteiger partial charge in [-0.1, -0.05) is 71.2 Å². The molecule has 0 saturated carbocycles. The average Bonchev–Trinajstić information content (AvgIpc) is 2.87. The highest BCUT2D eigenvalue weighted by molar-refractivity contribution is 7.89. The Bertz CT molecular complexity index is 1270. The molecule has 1 aliphatic rings. The smallest absolute Gasteiger partial charge is 0.243 e. The van der Waals surface area contributed by atoms with Gasteiger partial charge in [0.05, 0.1) is 11.4 Å². The molecule has 4 rings (SSSR count). The Morgan fingerprint density at radius 1 is 0.861 bits per heavy atom. The number of piperidine rings is 1. The van der Waals surface area contributed by atoms with Gasteiger partial charge in [0.1, 0.15) is 0 Å². The van der Waals surface area contributed by atoms with Gasteiger partial charge in [-0.25, -0.2) is 8.42 Å². The summed E-state index contributed by atoms with van der Waals surface area (Å²) in [6.07, 6.45) is 2.73. The van der Waals surface area contributed by atoms with Gasteiger partial charge in [-0.05, 0) is 67.1 Å². The molecular weight excluding hydrogens is 539 g/mol. The van der Waals surface area contributed by atoms with E-state index >= 15 is 0 Å². The van der Waals surface area contributed by atoms with E-state index in [2.05, 4.69) is 12.1 Å². The number of halogens is 3. The fourth-order valence-corrected chi connectivity index (χ4v) is 6.43. The van der Waals surface area contributed by atoms with E-state index < -0.39 is 10.0 Å². The van der Waals surface area contributed by atoms with Crippen molar-refractivity contribution in [3.05, 3.63) is 99.0 Å². The van der Waals surface area contributed by atoms with Gasteiger partial charge in [-0.2, -0.15) is 4.31 Å². The summed E-state index contributed by atoms with van der Waals surface area (Å²) >= 11 is 18.6. The summed E-state index contributed by atoms with van der Waals surface area (Å²) in [6, 6.07) is 21.2. The van der Waals surface area contributed by atoms with E-state index in [1.807, 2.05) is 18.2 Å². The number of carbonyl (C=O) groups excluding carboxylic acids is 1. The fourth-order valence-electron chi connectivity index (χ4n) is 4.43. The maximum Gasteiger partial charge on any atom is 0.243 e. The number of hydrogen-bond donors (Lipinski definition) is 0. The number of sulfonamides is 1. The molecule has 1 amide bonds. The number of rotatable bonds is 8. The molecule has 5 nitrogen and oxygen atoms in total. The minimum Gasteiger partial charge on any atom is -0.342 e. The molecule has 0 N–H and O–H groups in total. The third-order valence-corrected chi connectivity index (χ3v) is 9.26. The summed E-state index contributed by atoms with van der Waals surface area (Å²) in [5.41, 5.74) is 1.74. The van der Waals surface area contributed by atoms with Crippen molar-refractivity contribution in [2.24, 2.45) is 5.92 Å². The van der Waals surface area contributed by atoms with Crippen LogP contribution in [0.15, 0.2) is 77.7 Å². The van der Waals surface area contributed by atoms with E-state index in [0.717, 1.165) is 23.6 Å². The summed E-state index contributed by atoms with van der Waals surface area (Å²) in [6.45, 7) is 0.756. The first-order valence-corrected chi connectivity index (χ1v) is 14.3. The Morgan fingerprint density at radius 3 is 2.08 bits per heavy atom. The Kier molecular flexibility index (Phi) is 8.96. The van der Waals surface area contributed by atoms with Crippen LogP contribution >= 0.6 is 34.8 Å². The molecule has 36 heavy (non-hydrogen) atoms. The molecule has 0 spiro atoms. The molecule has 190 valence electrons. The largest absolute Gasteiger partial charge is 0.342 e. The van der Waals surface area contributed by atoms with Crippen LogP contribution in [-0.4, -0.2) is 43.2 Å². The lowest BCUT2D eigenvalue weighted by molar-refractivity contribution is -0.132. The van der Waals surface area contributed by atoms with Crippen LogP contribution in [0.3, 0.4) is 0 Å². The summed E-state index contributed by atoms with van der Waals surface area (Å²) in [5.74, 6) is 0.251. The number of likely N-dealkylation sites (tertiary alicyclic amines) is 1. The second kappa shape index (κ2) is 12.0. The van der Waals surface area contributed by atoms with Crippen molar-refractivity contribution in [3.8, 4) is 0 Å². The molecule has 0 radical (unpaired) electrons. The number of hydrogen-bond acceptors (Lipinski definition) is 3. The van der Waals surface area contributed by atoms with Gasteiger partial charge in [-0.3, -0.25) is 4.79 Å². The Balaban J connectivity index is 1.50. The normalized spacial score (nSPS) is 14.8. The lowest BCUT2D eigenvalue weighted by atomic mass is 9.90. The molecule has 3 aromatic carbocycles. The van der Waals surface area contributed by atoms with Crippen molar-refractivity contribution in [2.45, 2.75) is 30.7 Å². The SMILES string of the molecule is O=C(CN(Cc1c(Cl)cccc1Cl)S(=O)(=O)c1ccc(Cl)cc1)N1CCC(Cc2ccccc2)CC1. The fraction of sp³-hybridized carbons (Fsp3) is 0.296. The Labute approximate surface area is 227 Å². The zero-order chi connectivity index (χ0) is 25.7. The standard InChI is InChI=1S/C27H27Cl3N2O3S/c28-22-9-11-23(12-10-22)36(34,35)32(18-24-25(29)7-4-8-26(24)30)19-27(33)31-15-13-21(14-16-31)17-20-5-2-1-3-6-20/h1-12,21H,13-19H2. The molecule has 3 aromatic rings. The van der Waals surface area contributed by atoms with Crippen molar-refractivity contribution in [1.82, 2.24) is 9.21 Å². The minimum atomic E-state index is -4.02. The van der Waals surface area contributed by atoms with Crippen LogP contribution in [0.4, 0.5) is 0 Å². The number of benzene rings is 3. The average molecular weight is 566 g/mol. The molecule has 0 aromatic heterocycles. The predicted molar refractivity (Wildman–Crippen MR) is 145 cm³/mol. The van der Waals surface area contributed by atoms with E-state index in [1.165, 1.54) is 29.8 Å². The maximum absolute atomic E-state index is 13.6. The molecular formula is C27H27Cl3N2O3S. The Hall–Kier alpha value is -2.09. The topological polar surface area (TPSA) is 57.7 Å². The predicted octanol–water partition coefficient (Wildman–Crippen LogP) is 6.32. The van der Waals surface area contributed by atoms with Crippen molar-refractivity contribution in [3.63, 3.8) is 0 Å². The lowest BCUT2D eigenvalue weighted by Crippen LogP contribution is -2.45. The second-order valence-electron chi connectivity index (χ2n) is 8.94. The summed E-state index contributed by atoms with van der Waals surface area (Å²) < 4.78 is 28.3. The number of nitrogens with zero attached hydrogens (tertiary/aromatic N) is 2. The summed E-state index contributed by atoms with van der Waals surface area (Å²) in [7, 11) is -4.02. The number of amides is 1. The molecule has 1 saturated heterocycles. The number of carbonyl (C=O) groups is 1. The van der Waals surface area contributed by atoms with E-state index in [1.54, 1.807) is 23.1 Å². The molecule has 1 fully saturated rings. The maximum atomic E-state index is 13.6. The zero-order valence-corrected chi connectivity index (χ0v) is 22.7. The Morgan fingerprint density at radius 2 is 1.47 bits per heavy atom. The van der Waals surface area contributed by atoms with Gasteiger partial charge < -0.3 is 4.90 Å². The second-order valence-corrected chi connectivity index (χ2v) is 12.1. The van der Waals surface area contributed by atoms with E-state index in [0.29, 0.717) is 39.6 Å². The van der Waals surface area contributed by atoms with Crippen LogP contribution < -0.4 is 0 Å². The van der Waals surface area contributed by atoms with Crippen molar-refractivity contribution < 1.29 is 13.2 Å². The minimum absolute atomic E-state index is 0.0458. The van der Waals surface area contributed by atoms with Crippen LogP contribution in [0.1, 0.15) is 24.0 Å². The van der Waals surface area contributed by atoms with Gasteiger partial charge in [0, 0.05) is 40.3 Å². The highest BCUT2D eigenvalue weighted by atomic mass is 35.5. The van der Waals surface area contributed by atoms with Crippen LogP contribution in [0, 0.1) is 5.92 Å². The van der Waals surface area contributed by atoms with Gasteiger partial charge in [0.2, 0.25) is 15.9 Å². The first-order valence-electron chi connectivity index (χ1n) is 11.7. The van der Waals surface area contributed by atoms with Gasteiger partial charge in [0.25, 0.3) is 0 Å². The van der Waals surface area contributed by atoms with Gasteiger partial charge >= 0.3 is 0 Å². The van der Waals surface area contributed by atoms with Gasteiger partial charge in [0.15, 0.2) is 0 Å². The lowest BCUT2D eigenvalue weighted by Gasteiger charge is -2.33. The molecule has 0 unspecified atom stereocenters. The molecule has 1 heterocycles. The molecule has 9 heteroatoms. The summed E-state index contributed by atoms with van der Waals surface area (Å²) in [5, 5.41) is 1.10. The molecule has 0 bridgehead atoms. The van der Waals surface area contributed by atoms with E-state index in [9.17, 15) is 13.2 Å². The molecule has 1 aliphatic heterocycles. The zero-order valence-electron chi connectivity index (χ0n) is 19.6. The van der Waals surface area contributed by atoms with Crippen molar-refractivity contribution in [1.29, 1.82) is 0 Å². The van der Waals surface area contributed by atoms with Crippen LogP contribution in [0.2, 0.25) is 15.1 Å². The molecule has 0 aliphatic carbocycles. The summed E-state index contributed by atoms with van der Waals surface area (Å²) in [4.78, 5) is 15.1. The monoisotopic (exact) mass is 564 g/mol. The van der Waals surface area contributed by atoms with Crippen LogP contribution in [0.25, 0.3) is 0 Å². The van der Waals surface area contributed by atoms with Gasteiger partial charge in [-0.15, -0.1) is 0 Å². The van der Waals surface area contributed by atoms with Crippen LogP contribution in [0.5, 0.6) is 0 Å². The van der Waals surface area contributed by atoms with E-state index in [4.69, 9.17) is 34.8 Å². The van der Waals surface area contributed by atoms with Crippen molar-refractivity contribution >= 4 is 50.7 Å². The first-order chi connectivity index (χ1) is 17.2. The van der Waals surface area contributed by atoms with E-state index in [-0.39, 0.29) is 23.9 Å². The highest BCUT2D eigenvalue weighted by Gasteiger charge is 2.31. The van der Waals surface area contributed by atoms with Crippen molar-refractivity contribution in [2.75, 3.05) is 19.6 Å². The van der Waals surface area contributed by atoms with Crippen LogP contribution in [-0.2, 0) is 27.8 Å². The highest BCUT2D eigenvalue weighted by Crippen LogP contribution is 2.29. The first kappa shape index (κ1) is 27.0. The third-order valence-electron chi connectivity index (χ3n) is 6.49. The molecule has 0 atom stereocenters. The third kappa shape index (κ3) is 6.61. The quantitative estimate of drug-likeness (QED) is 0.321.